The Bertz CT molecular complexity index is 1400. The number of pyridine rings is 2. The van der Waals surface area contributed by atoms with Gasteiger partial charge in [-0.25, -0.2) is 13.8 Å². The average Bonchev–Trinajstić information content (AvgIpc) is 3.10. The predicted octanol–water partition coefficient (Wildman–Crippen LogP) is 4.48. The molecule has 3 aromatic rings. The fraction of sp³-hybridized carbons (Fsp3) is 0.423. The summed E-state index contributed by atoms with van der Waals surface area (Å²) in [7, 11) is 0. The molecule has 5 rings (SSSR count). The number of hydrogen-bond acceptors (Lipinski definition) is 5. The molecule has 8 heteroatoms. The van der Waals surface area contributed by atoms with E-state index in [1.54, 1.807) is 13.0 Å². The van der Waals surface area contributed by atoms with Gasteiger partial charge in [0.15, 0.2) is 0 Å². The fourth-order valence-electron chi connectivity index (χ4n) is 5.25. The molecule has 0 saturated heterocycles. The molecule has 0 bridgehead atoms. The molecule has 2 aliphatic heterocycles. The Balaban J connectivity index is 1.78. The first kappa shape index (κ1) is 22.7. The van der Waals surface area contributed by atoms with Crippen molar-refractivity contribution in [1.29, 1.82) is 0 Å². The molecule has 178 valence electrons. The number of carbonyl (C=O) groups is 1. The van der Waals surface area contributed by atoms with Gasteiger partial charge in [0.1, 0.15) is 23.8 Å². The van der Waals surface area contributed by atoms with Gasteiger partial charge in [-0.3, -0.25) is 9.59 Å². The van der Waals surface area contributed by atoms with E-state index in [4.69, 9.17) is 4.74 Å². The number of carbonyl (C=O) groups excluding carboxylic acids is 1. The summed E-state index contributed by atoms with van der Waals surface area (Å²) in [5.41, 5.74) is 1.31. The quantitative estimate of drug-likeness (QED) is 0.345. The normalized spacial score (nSPS) is 18.9. The van der Waals surface area contributed by atoms with Crippen LogP contribution in [0.15, 0.2) is 23.0 Å². The summed E-state index contributed by atoms with van der Waals surface area (Å²) in [4.78, 5) is 30.2. The Kier molecular flexibility index (Phi) is 5.51. The first-order valence-corrected chi connectivity index (χ1v) is 11.7. The van der Waals surface area contributed by atoms with Gasteiger partial charge in [0.2, 0.25) is 0 Å². The van der Waals surface area contributed by atoms with E-state index >= 15 is 0 Å². The van der Waals surface area contributed by atoms with Crippen LogP contribution < -0.4 is 5.56 Å². The van der Waals surface area contributed by atoms with Gasteiger partial charge < -0.3 is 14.4 Å². The van der Waals surface area contributed by atoms with E-state index in [0.29, 0.717) is 23.4 Å². The van der Waals surface area contributed by atoms with Crippen molar-refractivity contribution < 1.29 is 23.4 Å². The van der Waals surface area contributed by atoms with Crippen molar-refractivity contribution in [2.45, 2.75) is 71.1 Å². The molecule has 0 spiro atoms. The van der Waals surface area contributed by atoms with Crippen LogP contribution in [0.2, 0.25) is 0 Å². The number of ether oxygens (including phenoxy) is 1. The minimum absolute atomic E-state index is 0.191. The molecule has 0 saturated carbocycles. The van der Waals surface area contributed by atoms with Crippen LogP contribution in [0.1, 0.15) is 68.2 Å². The average molecular weight is 469 g/mol. The van der Waals surface area contributed by atoms with Gasteiger partial charge in [-0.1, -0.05) is 26.7 Å². The van der Waals surface area contributed by atoms with Gasteiger partial charge in [-0.05, 0) is 36.5 Å². The third-order valence-electron chi connectivity index (χ3n) is 7.11. The molecule has 1 N–H and O–H groups in total. The molecule has 0 radical (unpaired) electrons. The third kappa shape index (κ3) is 3.43. The maximum atomic E-state index is 14.9. The summed E-state index contributed by atoms with van der Waals surface area (Å²) in [6.45, 7) is 3.79. The largest absolute Gasteiger partial charge is 0.460 e. The van der Waals surface area contributed by atoms with Gasteiger partial charge in [-0.15, -0.1) is 0 Å². The van der Waals surface area contributed by atoms with E-state index < -0.39 is 23.2 Å². The molecule has 6 nitrogen and oxygen atoms in total. The van der Waals surface area contributed by atoms with Crippen molar-refractivity contribution in [3.63, 3.8) is 0 Å². The van der Waals surface area contributed by atoms with Crippen LogP contribution in [0.25, 0.3) is 22.3 Å². The SMILES string of the molecule is CCCCCc1c2c(nc3cc(F)cc(F)c13)-c1cc3c(c(=O)n1C2)COC(=O)C[C@]3(O)CC. The lowest BCUT2D eigenvalue weighted by atomic mass is 9.85. The highest BCUT2D eigenvalue weighted by Crippen LogP contribution is 2.41. The number of cyclic esters (lactones) is 1. The second kappa shape index (κ2) is 8.27. The van der Waals surface area contributed by atoms with Crippen LogP contribution in [0.3, 0.4) is 0 Å². The van der Waals surface area contributed by atoms with E-state index in [0.717, 1.165) is 36.5 Å². The van der Waals surface area contributed by atoms with Crippen molar-refractivity contribution >= 4 is 16.9 Å². The zero-order valence-corrected chi connectivity index (χ0v) is 19.2. The van der Waals surface area contributed by atoms with E-state index in [-0.39, 0.29) is 48.0 Å². The maximum Gasteiger partial charge on any atom is 0.309 e. The molecule has 4 heterocycles. The van der Waals surface area contributed by atoms with E-state index in [2.05, 4.69) is 11.9 Å². The Morgan fingerprint density at radius 2 is 1.94 bits per heavy atom. The molecular formula is C26H26F2N2O4. The van der Waals surface area contributed by atoms with Crippen LogP contribution in [-0.2, 0) is 34.7 Å². The molecule has 0 amide bonds. The summed E-state index contributed by atoms with van der Waals surface area (Å²) in [5.74, 6) is -1.95. The van der Waals surface area contributed by atoms with Crippen LogP contribution in [-0.4, -0.2) is 20.6 Å². The predicted molar refractivity (Wildman–Crippen MR) is 122 cm³/mol. The lowest BCUT2D eigenvalue weighted by Gasteiger charge is -2.26. The molecule has 1 atom stereocenters. The number of benzene rings is 1. The second-order valence-electron chi connectivity index (χ2n) is 9.19. The fourth-order valence-corrected chi connectivity index (χ4v) is 5.25. The summed E-state index contributed by atoms with van der Waals surface area (Å²) in [6, 6.07) is 3.77. The van der Waals surface area contributed by atoms with Crippen molar-refractivity contribution in [1.82, 2.24) is 9.55 Å². The summed E-state index contributed by atoms with van der Waals surface area (Å²) < 4.78 is 35.8. The first-order valence-electron chi connectivity index (χ1n) is 11.7. The van der Waals surface area contributed by atoms with E-state index in [9.17, 15) is 23.5 Å². The highest BCUT2D eigenvalue weighted by molar-refractivity contribution is 5.88. The smallest absolute Gasteiger partial charge is 0.309 e. The third-order valence-corrected chi connectivity index (χ3v) is 7.11. The minimum atomic E-state index is -1.54. The Morgan fingerprint density at radius 1 is 1.15 bits per heavy atom. The lowest BCUT2D eigenvalue weighted by Crippen LogP contribution is -2.32. The van der Waals surface area contributed by atoms with Crippen molar-refractivity contribution in [3.05, 3.63) is 62.4 Å². The number of hydrogen-bond donors (Lipinski definition) is 1. The number of nitrogens with zero attached hydrogens (tertiary/aromatic N) is 2. The monoisotopic (exact) mass is 468 g/mol. The minimum Gasteiger partial charge on any atom is -0.460 e. The Hall–Kier alpha value is -3.13. The van der Waals surface area contributed by atoms with Gasteiger partial charge in [0.25, 0.3) is 5.56 Å². The van der Waals surface area contributed by atoms with Crippen molar-refractivity contribution in [3.8, 4) is 11.4 Å². The highest BCUT2D eigenvalue weighted by atomic mass is 19.1. The zero-order chi connectivity index (χ0) is 24.2. The number of halogens is 2. The standard InChI is InChI=1S/C26H26F2N2O4/c1-3-5-6-7-15-16-12-30-21(24(16)29-20-9-14(27)8-19(28)23(15)20)10-18-17(25(30)32)13-34-22(31)11-26(18,33)4-2/h8-10,33H,3-7,11-13H2,1-2H3/t26-/m1/s1. The molecular weight excluding hydrogens is 442 g/mol. The van der Waals surface area contributed by atoms with Crippen LogP contribution >= 0.6 is 0 Å². The lowest BCUT2D eigenvalue weighted by molar-refractivity contribution is -0.149. The topological polar surface area (TPSA) is 81.4 Å². The number of aliphatic hydroxyl groups is 1. The molecule has 2 aromatic heterocycles. The van der Waals surface area contributed by atoms with Crippen LogP contribution in [0.4, 0.5) is 8.78 Å². The highest BCUT2D eigenvalue weighted by Gasteiger charge is 2.39. The second-order valence-corrected chi connectivity index (χ2v) is 9.19. The summed E-state index contributed by atoms with van der Waals surface area (Å²) in [5, 5.41) is 11.5. The number of esters is 1. The zero-order valence-electron chi connectivity index (χ0n) is 19.2. The van der Waals surface area contributed by atoms with Crippen molar-refractivity contribution in [2.24, 2.45) is 0 Å². The Labute approximate surface area is 195 Å². The molecule has 0 unspecified atom stereocenters. The number of rotatable bonds is 5. The number of aryl methyl sites for hydroxylation is 1. The molecule has 0 fully saturated rings. The molecule has 0 aliphatic carbocycles. The van der Waals surface area contributed by atoms with Gasteiger partial charge >= 0.3 is 5.97 Å². The van der Waals surface area contributed by atoms with Gasteiger partial charge in [0.05, 0.1) is 35.4 Å². The van der Waals surface area contributed by atoms with Gasteiger partial charge in [0, 0.05) is 23.1 Å². The number of aromatic nitrogens is 2. The van der Waals surface area contributed by atoms with E-state index in [1.165, 1.54) is 10.6 Å². The molecule has 2 aliphatic rings. The van der Waals surface area contributed by atoms with Crippen LogP contribution in [0.5, 0.6) is 0 Å². The molecule has 1 aromatic carbocycles. The molecule has 34 heavy (non-hydrogen) atoms. The van der Waals surface area contributed by atoms with Crippen molar-refractivity contribution in [2.75, 3.05) is 0 Å². The Morgan fingerprint density at radius 3 is 2.68 bits per heavy atom. The first-order chi connectivity index (χ1) is 16.3. The summed E-state index contributed by atoms with van der Waals surface area (Å²) in [6.07, 6.45) is 3.31. The van der Waals surface area contributed by atoms with E-state index in [1.807, 2.05) is 0 Å². The number of fused-ring (bicyclic) bond motifs is 5. The van der Waals surface area contributed by atoms with Gasteiger partial charge in [-0.2, -0.15) is 0 Å². The summed E-state index contributed by atoms with van der Waals surface area (Å²) >= 11 is 0. The number of unbranched alkanes of at least 4 members (excludes halogenated alkanes) is 2. The van der Waals surface area contributed by atoms with Crippen LogP contribution in [0, 0.1) is 11.6 Å². The maximum absolute atomic E-state index is 14.9.